The number of aromatic nitrogens is 1. The number of rotatable bonds is 2. The fourth-order valence-electron chi connectivity index (χ4n) is 3.73. The van der Waals surface area contributed by atoms with Gasteiger partial charge < -0.3 is 14.8 Å². The van der Waals surface area contributed by atoms with Crippen molar-refractivity contribution in [3.8, 4) is 0 Å². The second-order valence-corrected chi connectivity index (χ2v) is 7.18. The molecule has 2 heterocycles. The van der Waals surface area contributed by atoms with Crippen LogP contribution in [0.3, 0.4) is 0 Å². The lowest BCUT2D eigenvalue weighted by atomic mass is 9.97. The van der Waals surface area contributed by atoms with Crippen molar-refractivity contribution in [1.29, 1.82) is 0 Å². The van der Waals surface area contributed by atoms with E-state index in [1.54, 1.807) is 0 Å². The highest BCUT2D eigenvalue weighted by Gasteiger charge is 2.33. The maximum atomic E-state index is 12.9. The zero-order valence-electron chi connectivity index (χ0n) is 15.3. The van der Waals surface area contributed by atoms with Crippen molar-refractivity contribution in [2.24, 2.45) is 5.92 Å². The van der Waals surface area contributed by atoms with Crippen LogP contribution in [0.4, 0.5) is 10.5 Å². The number of nitrogens with zero attached hydrogens (tertiary/aromatic N) is 2. The number of nitrogens with one attached hydrogen (secondary N) is 1. The van der Waals surface area contributed by atoms with E-state index >= 15 is 0 Å². The minimum Gasteiger partial charge on any atom is -0.345 e. The normalized spacial score (nSPS) is 17.1. The predicted molar refractivity (Wildman–Crippen MR) is 98.4 cm³/mol. The number of fused-ring (bicyclic) bond motifs is 1. The van der Waals surface area contributed by atoms with Gasteiger partial charge in [0, 0.05) is 30.2 Å². The summed E-state index contributed by atoms with van der Waals surface area (Å²) < 4.78 is 2.34. The van der Waals surface area contributed by atoms with Crippen LogP contribution in [0.2, 0.25) is 0 Å². The fourth-order valence-corrected chi connectivity index (χ4v) is 3.73. The Kier molecular flexibility index (Phi) is 4.39. The maximum absolute atomic E-state index is 12.9. The second kappa shape index (κ2) is 6.34. The first kappa shape index (κ1) is 16.6. The Morgan fingerprint density at radius 3 is 2.54 bits per heavy atom. The van der Waals surface area contributed by atoms with Crippen molar-refractivity contribution >= 4 is 11.7 Å². The van der Waals surface area contributed by atoms with Gasteiger partial charge in [0.15, 0.2) is 0 Å². The van der Waals surface area contributed by atoms with E-state index in [0.29, 0.717) is 5.92 Å². The van der Waals surface area contributed by atoms with Crippen LogP contribution in [0.25, 0.3) is 0 Å². The molecular formula is C20H27N3O. The smallest absolute Gasteiger partial charge is 0.322 e. The lowest BCUT2D eigenvalue weighted by Gasteiger charge is -2.39. The lowest BCUT2D eigenvalue weighted by molar-refractivity contribution is 0.143. The quantitative estimate of drug-likeness (QED) is 0.857. The lowest BCUT2D eigenvalue weighted by Crippen LogP contribution is -2.46. The van der Waals surface area contributed by atoms with E-state index in [1.807, 2.05) is 24.0 Å². The van der Waals surface area contributed by atoms with Gasteiger partial charge in [-0.05, 0) is 50.5 Å². The van der Waals surface area contributed by atoms with E-state index in [9.17, 15) is 4.79 Å². The van der Waals surface area contributed by atoms with Crippen LogP contribution in [0, 0.1) is 26.7 Å². The van der Waals surface area contributed by atoms with Crippen LogP contribution in [-0.4, -0.2) is 22.0 Å². The first-order valence-corrected chi connectivity index (χ1v) is 8.69. The Morgan fingerprint density at radius 2 is 1.88 bits per heavy atom. The molecule has 4 nitrogen and oxygen atoms in total. The molecule has 128 valence electrons. The van der Waals surface area contributed by atoms with Gasteiger partial charge in [0.1, 0.15) is 0 Å². The summed E-state index contributed by atoms with van der Waals surface area (Å²) in [6, 6.07) is 10.5. The van der Waals surface area contributed by atoms with E-state index in [0.717, 1.165) is 24.3 Å². The largest absolute Gasteiger partial charge is 0.345 e. The van der Waals surface area contributed by atoms with Crippen molar-refractivity contribution in [2.45, 2.75) is 47.2 Å². The number of hydrogen-bond acceptors (Lipinski definition) is 1. The number of anilines is 1. The molecule has 1 N–H and O–H groups in total. The van der Waals surface area contributed by atoms with E-state index in [2.05, 4.69) is 55.8 Å². The number of carbonyl (C=O) groups excluding carboxylic acids is 1. The molecule has 0 saturated carbocycles. The first-order valence-electron chi connectivity index (χ1n) is 8.69. The van der Waals surface area contributed by atoms with Crippen LogP contribution < -0.4 is 5.32 Å². The SMILES string of the molecule is Cc1ccc(NC(=O)N2CCn3c(C)ccc3C2C(C)C)c(C)c1. The van der Waals surface area contributed by atoms with Gasteiger partial charge in [0.25, 0.3) is 0 Å². The van der Waals surface area contributed by atoms with Crippen LogP contribution in [0.5, 0.6) is 0 Å². The zero-order chi connectivity index (χ0) is 17.4. The molecule has 2 aromatic rings. The molecule has 0 radical (unpaired) electrons. The summed E-state index contributed by atoms with van der Waals surface area (Å²) in [4.78, 5) is 14.9. The Balaban J connectivity index is 1.86. The zero-order valence-corrected chi connectivity index (χ0v) is 15.3. The highest BCUT2D eigenvalue weighted by Crippen LogP contribution is 2.34. The minimum absolute atomic E-state index is 0.00856. The standard InChI is InChI=1S/C20H27N3O/c1-13(2)19-18-9-7-16(5)22(18)10-11-23(19)20(24)21-17-8-6-14(3)12-15(17)4/h6-9,12-13,19H,10-11H2,1-5H3,(H,21,24). The predicted octanol–water partition coefficient (Wildman–Crippen LogP) is 4.66. The highest BCUT2D eigenvalue weighted by molar-refractivity contribution is 5.90. The van der Waals surface area contributed by atoms with Crippen LogP contribution in [0.1, 0.15) is 42.4 Å². The van der Waals surface area contributed by atoms with E-state index < -0.39 is 0 Å². The van der Waals surface area contributed by atoms with E-state index in [-0.39, 0.29) is 12.1 Å². The van der Waals surface area contributed by atoms with Crippen molar-refractivity contribution in [2.75, 3.05) is 11.9 Å². The maximum Gasteiger partial charge on any atom is 0.322 e. The van der Waals surface area contributed by atoms with Gasteiger partial charge in [-0.1, -0.05) is 31.5 Å². The van der Waals surface area contributed by atoms with Gasteiger partial charge in [0.05, 0.1) is 6.04 Å². The van der Waals surface area contributed by atoms with Crippen LogP contribution in [-0.2, 0) is 6.54 Å². The van der Waals surface area contributed by atoms with Crippen molar-refractivity contribution in [3.63, 3.8) is 0 Å². The average molecular weight is 325 g/mol. The molecule has 0 bridgehead atoms. The third kappa shape index (κ3) is 2.93. The summed E-state index contributed by atoms with van der Waals surface area (Å²) in [5, 5.41) is 3.11. The monoisotopic (exact) mass is 325 g/mol. The molecule has 0 saturated heterocycles. The fraction of sp³-hybridized carbons (Fsp3) is 0.450. The summed E-state index contributed by atoms with van der Waals surface area (Å²) in [7, 11) is 0. The second-order valence-electron chi connectivity index (χ2n) is 7.18. The molecule has 4 heteroatoms. The number of carbonyl (C=O) groups is 1. The van der Waals surface area contributed by atoms with Crippen LogP contribution >= 0.6 is 0 Å². The van der Waals surface area contributed by atoms with Crippen LogP contribution in [0.15, 0.2) is 30.3 Å². The third-order valence-corrected chi connectivity index (χ3v) is 4.95. The molecule has 1 aromatic carbocycles. The van der Waals surface area contributed by atoms with E-state index in [1.165, 1.54) is 17.0 Å². The molecule has 1 unspecified atom stereocenters. The summed E-state index contributed by atoms with van der Waals surface area (Å²) in [6.07, 6.45) is 0. The number of aryl methyl sites for hydroxylation is 3. The van der Waals surface area contributed by atoms with E-state index in [4.69, 9.17) is 0 Å². The summed E-state index contributed by atoms with van der Waals surface area (Å²) in [6.45, 7) is 12.2. The third-order valence-electron chi connectivity index (χ3n) is 4.95. The van der Waals surface area contributed by atoms with Crippen molar-refractivity contribution < 1.29 is 4.79 Å². The Hall–Kier alpha value is -2.23. The molecule has 24 heavy (non-hydrogen) atoms. The van der Waals surface area contributed by atoms with Crippen molar-refractivity contribution in [1.82, 2.24) is 9.47 Å². The number of urea groups is 1. The van der Waals surface area contributed by atoms with Gasteiger partial charge in [-0.25, -0.2) is 4.79 Å². The molecule has 1 aliphatic heterocycles. The molecule has 3 rings (SSSR count). The molecule has 0 fully saturated rings. The molecule has 0 spiro atoms. The van der Waals surface area contributed by atoms with Gasteiger partial charge in [-0.2, -0.15) is 0 Å². The van der Waals surface area contributed by atoms with Crippen molar-refractivity contribution in [3.05, 3.63) is 52.8 Å². The van der Waals surface area contributed by atoms with Gasteiger partial charge >= 0.3 is 6.03 Å². The highest BCUT2D eigenvalue weighted by atomic mass is 16.2. The summed E-state index contributed by atoms with van der Waals surface area (Å²) in [5.74, 6) is 0.364. The molecule has 0 aliphatic carbocycles. The first-order chi connectivity index (χ1) is 11.4. The van der Waals surface area contributed by atoms with Gasteiger partial charge in [-0.3, -0.25) is 0 Å². The molecule has 1 aromatic heterocycles. The molecule has 1 atom stereocenters. The topological polar surface area (TPSA) is 37.3 Å². The molecule has 1 aliphatic rings. The average Bonchev–Trinajstić information content (AvgIpc) is 2.90. The molecular weight excluding hydrogens is 298 g/mol. The minimum atomic E-state index is -0.00856. The Labute approximate surface area is 144 Å². The Bertz CT molecular complexity index is 760. The summed E-state index contributed by atoms with van der Waals surface area (Å²) >= 11 is 0. The number of amides is 2. The number of benzene rings is 1. The van der Waals surface area contributed by atoms with Gasteiger partial charge in [0.2, 0.25) is 0 Å². The molecule has 2 amide bonds. The Morgan fingerprint density at radius 1 is 1.12 bits per heavy atom. The number of hydrogen-bond donors (Lipinski definition) is 1. The van der Waals surface area contributed by atoms with Gasteiger partial charge in [-0.15, -0.1) is 0 Å². The summed E-state index contributed by atoms with van der Waals surface area (Å²) in [5.41, 5.74) is 5.71.